The van der Waals surface area contributed by atoms with Crippen molar-refractivity contribution in [1.29, 1.82) is 0 Å². The summed E-state index contributed by atoms with van der Waals surface area (Å²) in [7, 11) is 3.61. The fourth-order valence-corrected chi connectivity index (χ4v) is 3.41. The van der Waals surface area contributed by atoms with Gasteiger partial charge in [-0.1, -0.05) is 13.8 Å². The van der Waals surface area contributed by atoms with E-state index in [0.717, 1.165) is 34.2 Å². The van der Waals surface area contributed by atoms with Crippen molar-refractivity contribution in [3.05, 3.63) is 27.9 Å². The number of halogens is 2. The van der Waals surface area contributed by atoms with Crippen molar-refractivity contribution in [3.63, 3.8) is 0 Å². The summed E-state index contributed by atoms with van der Waals surface area (Å²) in [6, 6.07) is 3.89. The van der Waals surface area contributed by atoms with E-state index in [-0.39, 0.29) is 18.4 Å². The Morgan fingerprint density at radius 3 is 2.40 bits per heavy atom. The largest absolute Gasteiger partial charge is 0.496 e. The summed E-state index contributed by atoms with van der Waals surface area (Å²) in [6.07, 6.45) is 0. The van der Waals surface area contributed by atoms with E-state index in [1.807, 2.05) is 26.1 Å². The standard InChI is InChI=1S/C18H25BrN2O3.ClH/c1-6-21(7-2)11-15-17(18(22)24-8-3)12-9-16(23-5)13(19)10-14(12)20(15)4;/h9-10H,6-8,11H2,1-5H3;1H. The summed E-state index contributed by atoms with van der Waals surface area (Å²) in [5.74, 6) is 0.419. The van der Waals surface area contributed by atoms with E-state index >= 15 is 0 Å². The molecule has 0 aliphatic carbocycles. The van der Waals surface area contributed by atoms with E-state index in [2.05, 4.69) is 39.2 Å². The Hall–Kier alpha value is -1.24. The SMILES string of the molecule is CCOC(=O)c1c(CN(CC)CC)n(C)c2cc(Br)c(OC)cc12.Cl. The van der Waals surface area contributed by atoms with Crippen LogP contribution in [0.3, 0.4) is 0 Å². The summed E-state index contributed by atoms with van der Waals surface area (Å²) >= 11 is 3.53. The molecule has 2 rings (SSSR count). The molecule has 0 bridgehead atoms. The minimum atomic E-state index is -0.283. The van der Waals surface area contributed by atoms with Crippen molar-refractivity contribution < 1.29 is 14.3 Å². The summed E-state index contributed by atoms with van der Waals surface area (Å²) in [5, 5.41) is 0.859. The van der Waals surface area contributed by atoms with E-state index in [9.17, 15) is 4.79 Å². The molecule has 1 aromatic carbocycles. The first-order chi connectivity index (χ1) is 11.5. The van der Waals surface area contributed by atoms with E-state index in [1.54, 1.807) is 7.11 Å². The number of ether oxygens (including phenoxy) is 2. The molecule has 1 aromatic heterocycles. The van der Waals surface area contributed by atoms with Crippen molar-refractivity contribution in [1.82, 2.24) is 9.47 Å². The average molecular weight is 434 g/mol. The van der Waals surface area contributed by atoms with Crippen molar-refractivity contribution in [2.24, 2.45) is 7.05 Å². The molecule has 0 N–H and O–H groups in total. The molecule has 0 amide bonds. The highest BCUT2D eigenvalue weighted by Gasteiger charge is 2.24. The van der Waals surface area contributed by atoms with Gasteiger partial charge < -0.3 is 14.0 Å². The maximum Gasteiger partial charge on any atom is 0.340 e. The molecule has 0 aliphatic rings. The molecule has 140 valence electrons. The maximum atomic E-state index is 12.6. The Morgan fingerprint density at radius 1 is 1.24 bits per heavy atom. The molecule has 0 fully saturated rings. The van der Waals surface area contributed by atoms with Crippen molar-refractivity contribution >= 4 is 45.2 Å². The van der Waals surface area contributed by atoms with Crippen molar-refractivity contribution in [2.45, 2.75) is 27.3 Å². The minimum absolute atomic E-state index is 0. The Balaban J connectivity index is 0.00000312. The highest BCUT2D eigenvalue weighted by molar-refractivity contribution is 9.10. The molecule has 0 atom stereocenters. The summed E-state index contributed by atoms with van der Waals surface area (Å²) in [4.78, 5) is 14.9. The molecule has 0 aliphatic heterocycles. The van der Waals surface area contributed by atoms with Gasteiger partial charge in [-0.05, 0) is 48.1 Å². The summed E-state index contributed by atoms with van der Waals surface area (Å²) in [5.41, 5.74) is 2.58. The van der Waals surface area contributed by atoms with Crippen LogP contribution in [-0.4, -0.2) is 42.2 Å². The zero-order valence-corrected chi connectivity index (χ0v) is 17.8. The van der Waals surface area contributed by atoms with Gasteiger partial charge in [0.15, 0.2) is 0 Å². The molecule has 25 heavy (non-hydrogen) atoms. The highest BCUT2D eigenvalue weighted by atomic mass is 79.9. The third-order valence-corrected chi connectivity index (χ3v) is 4.96. The van der Waals surface area contributed by atoms with Crippen LogP contribution in [0.5, 0.6) is 5.75 Å². The molecule has 7 heteroatoms. The lowest BCUT2D eigenvalue weighted by molar-refractivity contribution is 0.0526. The molecule has 2 aromatic rings. The predicted octanol–water partition coefficient (Wildman–Crippen LogP) is 4.39. The number of methoxy groups -OCH3 is 1. The molecule has 0 spiro atoms. The Labute approximate surface area is 163 Å². The van der Waals surface area contributed by atoms with Crippen molar-refractivity contribution in [2.75, 3.05) is 26.8 Å². The zero-order chi connectivity index (χ0) is 17.9. The quantitative estimate of drug-likeness (QED) is 0.607. The normalized spacial score (nSPS) is 10.8. The van der Waals surface area contributed by atoms with Crippen LogP contribution in [0.2, 0.25) is 0 Å². The first-order valence-electron chi connectivity index (χ1n) is 8.22. The molecular weight excluding hydrogens is 408 g/mol. The van der Waals surface area contributed by atoms with Gasteiger partial charge in [0.05, 0.1) is 29.3 Å². The monoisotopic (exact) mass is 432 g/mol. The second kappa shape index (κ2) is 9.46. The van der Waals surface area contributed by atoms with Crippen LogP contribution < -0.4 is 4.74 Å². The summed E-state index contributed by atoms with van der Waals surface area (Å²) < 4.78 is 13.7. The first-order valence-corrected chi connectivity index (χ1v) is 9.01. The number of hydrogen-bond acceptors (Lipinski definition) is 4. The molecule has 0 saturated heterocycles. The Kier molecular flexibility index (Phi) is 8.25. The number of fused-ring (bicyclic) bond motifs is 1. The van der Waals surface area contributed by atoms with Crippen LogP contribution in [0.1, 0.15) is 36.8 Å². The van der Waals surface area contributed by atoms with Gasteiger partial charge in [-0.2, -0.15) is 0 Å². The van der Waals surface area contributed by atoms with Crippen LogP contribution in [0.4, 0.5) is 0 Å². The van der Waals surface area contributed by atoms with E-state index in [1.165, 1.54) is 0 Å². The fraction of sp³-hybridized carbons (Fsp3) is 0.500. The van der Waals surface area contributed by atoms with Crippen LogP contribution in [0.25, 0.3) is 10.9 Å². The van der Waals surface area contributed by atoms with Crippen LogP contribution >= 0.6 is 28.3 Å². The molecule has 0 radical (unpaired) electrons. The molecular formula is C18H26BrClN2O3. The van der Waals surface area contributed by atoms with Crippen LogP contribution in [-0.2, 0) is 18.3 Å². The average Bonchev–Trinajstić information content (AvgIpc) is 2.83. The molecule has 1 heterocycles. The number of hydrogen-bond donors (Lipinski definition) is 0. The Morgan fingerprint density at radius 2 is 1.88 bits per heavy atom. The molecule has 5 nitrogen and oxygen atoms in total. The fourth-order valence-electron chi connectivity index (χ4n) is 2.92. The number of benzene rings is 1. The molecule has 0 unspecified atom stereocenters. The number of esters is 1. The van der Waals surface area contributed by atoms with Gasteiger partial charge in [0, 0.05) is 24.7 Å². The van der Waals surface area contributed by atoms with Gasteiger partial charge in [0.25, 0.3) is 0 Å². The van der Waals surface area contributed by atoms with Crippen molar-refractivity contribution in [3.8, 4) is 5.75 Å². The lowest BCUT2D eigenvalue weighted by atomic mass is 10.1. The van der Waals surface area contributed by atoms with E-state index in [0.29, 0.717) is 24.5 Å². The van der Waals surface area contributed by atoms with E-state index in [4.69, 9.17) is 9.47 Å². The van der Waals surface area contributed by atoms with Gasteiger partial charge in [-0.25, -0.2) is 4.79 Å². The number of nitrogens with zero attached hydrogens (tertiary/aromatic N) is 2. The third-order valence-electron chi connectivity index (χ3n) is 4.34. The number of rotatable bonds is 7. The second-order valence-corrected chi connectivity index (χ2v) is 6.42. The smallest absolute Gasteiger partial charge is 0.340 e. The van der Waals surface area contributed by atoms with Gasteiger partial charge in [-0.3, -0.25) is 4.90 Å². The minimum Gasteiger partial charge on any atom is -0.496 e. The van der Waals surface area contributed by atoms with Crippen LogP contribution in [0, 0.1) is 0 Å². The maximum absolute atomic E-state index is 12.6. The number of carbonyl (C=O) groups excluding carboxylic acids is 1. The first kappa shape index (κ1) is 21.8. The number of aromatic nitrogens is 1. The highest BCUT2D eigenvalue weighted by Crippen LogP contribution is 2.35. The van der Waals surface area contributed by atoms with Gasteiger partial charge in [0.1, 0.15) is 5.75 Å². The summed E-state index contributed by atoms with van der Waals surface area (Å²) in [6.45, 7) is 8.97. The van der Waals surface area contributed by atoms with Crippen LogP contribution in [0.15, 0.2) is 16.6 Å². The van der Waals surface area contributed by atoms with Gasteiger partial charge in [-0.15, -0.1) is 12.4 Å². The zero-order valence-electron chi connectivity index (χ0n) is 15.4. The Bertz CT molecular complexity index is 742. The predicted molar refractivity (Wildman–Crippen MR) is 107 cm³/mol. The van der Waals surface area contributed by atoms with E-state index < -0.39 is 0 Å². The molecule has 0 saturated carbocycles. The second-order valence-electron chi connectivity index (χ2n) is 5.57. The number of aryl methyl sites for hydroxylation is 1. The topological polar surface area (TPSA) is 43.7 Å². The van der Waals surface area contributed by atoms with Gasteiger partial charge >= 0.3 is 5.97 Å². The number of carbonyl (C=O) groups is 1. The van der Waals surface area contributed by atoms with Gasteiger partial charge in [0.2, 0.25) is 0 Å². The lowest BCUT2D eigenvalue weighted by Gasteiger charge is -2.19. The lowest BCUT2D eigenvalue weighted by Crippen LogP contribution is -2.25. The third kappa shape index (κ3) is 4.30.